The van der Waals surface area contributed by atoms with Crippen molar-refractivity contribution in [3.05, 3.63) is 0 Å². The van der Waals surface area contributed by atoms with Crippen molar-refractivity contribution in [2.75, 3.05) is 6.54 Å². The fourth-order valence-corrected chi connectivity index (χ4v) is 2.02. The van der Waals surface area contributed by atoms with E-state index in [2.05, 4.69) is 16.0 Å². The molecule has 1 unspecified atom stereocenters. The second-order valence-corrected chi connectivity index (χ2v) is 5.89. The molecule has 13 heteroatoms. The van der Waals surface area contributed by atoms with Crippen LogP contribution in [0, 0.1) is 5.41 Å². The third-order valence-electron chi connectivity index (χ3n) is 3.42. The highest BCUT2D eigenvalue weighted by molar-refractivity contribution is 5.93. The summed E-state index contributed by atoms with van der Waals surface area (Å²) in [5.74, 6) is -4.23. The number of carbonyl (C=O) groups excluding carboxylic acids is 3. The number of nitrogens with two attached hydrogens (primary N) is 3. The summed E-state index contributed by atoms with van der Waals surface area (Å²) < 4.78 is 0. The number of aliphatic hydroxyl groups excluding tert-OH is 1. The second kappa shape index (κ2) is 11.6. The lowest BCUT2D eigenvalue weighted by atomic mass is 10.1. The molecule has 0 spiro atoms. The van der Waals surface area contributed by atoms with Crippen molar-refractivity contribution in [1.29, 1.82) is 5.41 Å². The zero-order valence-corrected chi connectivity index (χ0v) is 14.9. The number of nitrogens with one attached hydrogen (secondary N) is 4. The smallest absolute Gasteiger partial charge is 0.326 e. The van der Waals surface area contributed by atoms with Crippen LogP contribution in [0.5, 0.6) is 0 Å². The molecular weight excluding hydrogens is 362 g/mol. The maximum Gasteiger partial charge on any atom is 0.326 e. The molecule has 0 aromatic rings. The van der Waals surface area contributed by atoms with Gasteiger partial charge in [0.05, 0.1) is 18.6 Å². The third-order valence-corrected chi connectivity index (χ3v) is 3.42. The van der Waals surface area contributed by atoms with E-state index in [1.807, 2.05) is 0 Å². The molecule has 0 fully saturated rings. The monoisotopic (exact) mass is 389 g/mol. The van der Waals surface area contributed by atoms with Gasteiger partial charge in [0, 0.05) is 6.54 Å². The Morgan fingerprint density at radius 2 is 1.70 bits per heavy atom. The van der Waals surface area contributed by atoms with Gasteiger partial charge < -0.3 is 43.4 Å². The van der Waals surface area contributed by atoms with Crippen LogP contribution >= 0.6 is 0 Å². The van der Waals surface area contributed by atoms with Crippen LogP contribution in [0.1, 0.15) is 26.2 Å². The molecule has 3 amide bonds. The molecule has 4 atom stereocenters. The Labute approximate surface area is 155 Å². The van der Waals surface area contributed by atoms with E-state index >= 15 is 0 Å². The summed E-state index contributed by atoms with van der Waals surface area (Å²) in [6, 6.07) is -4.08. The molecule has 0 aromatic heterocycles. The van der Waals surface area contributed by atoms with Gasteiger partial charge in [0.2, 0.25) is 17.7 Å². The summed E-state index contributed by atoms with van der Waals surface area (Å²) in [6.45, 7) is 1.45. The fraction of sp³-hybridized carbons (Fsp3) is 0.643. The second-order valence-electron chi connectivity index (χ2n) is 5.89. The van der Waals surface area contributed by atoms with Crippen LogP contribution in [-0.2, 0) is 19.2 Å². The van der Waals surface area contributed by atoms with Crippen molar-refractivity contribution in [3.8, 4) is 0 Å². The van der Waals surface area contributed by atoms with Crippen LogP contribution in [-0.4, -0.2) is 70.6 Å². The van der Waals surface area contributed by atoms with Crippen LogP contribution in [0.15, 0.2) is 0 Å². The summed E-state index contributed by atoms with van der Waals surface area (Å²) in [7, 11) is 0. The lowest BCUT2D eigenvalue weighted by Gasteiger charge is -2.24. The molecule has 0 aromatic carbocycles. The van der Waals surface area contributed by atoms with Gasteiger partial charge in [0.25, 0.3) is 0 Å². The van der Waals surface area contributed by atoms with Crippen molar-refractivity contribution in [2.24, 2.45) is 17.2 Å². The SMILES string of the molecule is CC(O)[C@H](NC(=O)[C@@H](N)CC(N)=O)C(=O)N[C@@H](CCCNC(=N)N)C(=O)O. The Hall–Kier alpha value is -2.93. The van der Waals surface area contributed by atoms with Crippen LogP contribution in [0.4, 0.5) is 0 Å². The van der Waals surface area contributed by atoms with Gasteiger partial charge in [-0.2, -0.15) is 0 Å². The molecule has 0 aliphatic rings. The van der Waals surface area contributed by atoms with Gasteiger partial charge in [-0.05, 0) is 19.8 Å². The highest BCUT2D eigenvalue weighted by Gasteiger charge is 2.31. The average molecular weight is 389 g/mol. The number of carboxylic acids is 1. The minimum absolute atomic E-state index is 0.0169. The molecule has 0 aliphatic carbocycles. The van der Waals surface area contributed by atoms with E-state index in [0.29, 0.717) is 0 Å². The number of hydrogen-bond acceptors (Lipinski definition) is 7. The largest absolute Gasteiger partial charge is 0.480 e. The molecule has 0 aliphatic heterocycles. The predicted octanol–water partition coefficient (Wildman–Crippen LogP) is -4.11. The maximum absolute atomic E-state index is 12.3. The number of carbonyl (C=O) groups is 4. The summed E-state index contributed by atoms with van der Waals surface area (Å²) in [4.78, 5) is 46.3. The van der Waals surface area contributed by atoms with Gasteiger partial charge in [0.15, 0.2) is 5.96 Å². The van der Waals surface area contributed by atoms with Crippen LogP contribution < -0.4 is 33.2 Å². The molecule has 27 heavy (non-hydrogen) atoms. The lowest BCUT2D eigenvalue weighted by molar-refractivity contribution is -0.143. The summed E-state index contributed by atoms with van der Waals surface area (Å²) in [5, 5.41) is 32.8. The first kappa shape index (κ1) is 24.1. The number of hydrogen-bond donors (Lipinski definition) is 9. The number of amides is 3. The van der Waals surface area contributed by atoms with Gasteiger partial charge in [-0.3, -0.25) is 19.8 Å². The van der Waals surface area contributed by atoms with Gasteiger partial charge >= 0.3 is 5.97 Å². The Balaban J connectivity index is 4.86. The molecular formula is C14H27N7O6. The lowest BCUT2D eigenvalue weighted by Crippen LogP contribution is -2.58. The quantitative estimate of drug-likeness (QED) is 0.0892. The Kier molecular flexibility index (Phi) is 10.4. The van der Waals surface area contributed by atoms with E-state index < -0.39 is 54.3 Å². The molecule has 0 saturated heterocycles. The van der Waals surface area contributed by atoms with Crippen molar-refractivity contribution in [3.63, 3.8) is 0 Å². The van der Waals surface area contributed by atoms with Crippen molar-refractivity contribution >= 4 is 29.7 Å². The maximum atomic E-state index is 12.3. The van der Waals surface area contributed by atoms with Crippen molar-refractivity contribution in [2.45, 2.75) is 50.4 Å². The van der Waals surface area contributed by atoms with E-state index in [1.165, 1.54) is 6.92 Å². The first-order chi connectivity index (χ1) is 12.5. The van der Waals surface area contributed by atoms with Crippen LogP contribution in [0.2, 0.25) is 0 Å². The van der Waals surface area contributed by atoms with Crippen LogP contribution in [0.25, 0.3) is 0 Å². The normalized spacial score (nSPS) is 14.9. The number of aliphatic hydroxyl groups is 1. The van der Waals surface area contributed by atoms with E-state index in [1.54, 1.807) is 0 Å². The topological polar surface area (TPSA) is 247 Å². The average Bonchev–Trinajstić information content (AvgIpc) is 2.53. The van der Waals surface area contributed by atoms with Gasteiger partial charge in [-0.15, -0.1) is 0 Å². The number of carboxylic acid groups (broad SMARTS) is 1. The van der Waals surface area contributed by atoms with E-state index in [-0.39, 0.29) is 25.3 Å². The van der Waals surface area contributed by atoms with E-state index in [4.69, 9.17) is 22.6 Å². The number of primary amides is 1. The third kappa shape index (κ3) is 9.96. The molecule has 0 radical (unpaired) electrons. The molecule has 12 N–H and O–H groups in total. The minimum atomic E-state index is -1.48. The van der Waals surface area contributed by atoms with Crippen molar-refractivity contribution in [1.82, 2.24) is 16.0 Å². The van der Waals surface area contributed by atoms with Gasteiger partial charge in [-0.1, -0.05) is 0 Å². The van der Waals surface area contributed by atoms with E-state index in [0.717, 1.165) is 0 Å². The molecule has 0 saturated carbocycles. The first-order valence-electron chi connectivity index (χ1n) is 8.09. The first-order valence-corrected chi connectivity index (χ1v) is 8.09. The van der Waals surface area contributed by atoms with Gasteiger partial charge in [0.1, 0.15) is 12.1 Å². The Bertz CT molecular complexity index is 568. The molecule has 0 heterocycles. The van der Waals surface area contributed by atoms with Crippen LogP contribution in [0.3, 0.4) is 0 Å². The number of rotatable bonds is 12. The fourth-order valence-electron chi connectivity index (χ4n) is 2.02. The zero-order chi connectivity index (χ0) is 21.1. The number of guanidine groups is 1. The predicted molar refractivity (Wildman–Crippen MR) is 94.1 cm³/mol. The standard InChI is InChI=1S/C14H27N7O6/c1-6(22)10(21-11(24)7(15)5-9(16)23)12(25)20-8(13(26)27)3-2-4-19-14(17)18/h6-8,10,22H,2-5,15H2,1H3,(H2,16,23)(H,20,25)(H,21,24)(H,26,27)(H4,17,18,19)/t6?,7-,8-,10-/m0/s1. The van der Waals surface area contributed by atoms with E-state index in [9.17, 15) is 29.4 Å². The Morgan fingerprint density at radius 3 is 2.15 bits per heavy atom. The summed E-state index contributed by atoms with van der Waals surface area (Å²) >= 11 is 0. The summed E-state index contributed by atoms with van der Waals surface area (Å²) in [5.41, 5.74) is 15.5. The summed E-state index contributed by atoms with van der Waals surface area (Å²) in [6.07, 6.45) is -1.51. The number of aliphatic carboxylic acids is 1. The Morgan fingerprint density at radius 1 is 1.11 bits per heavy atom. The molecule has 0 rings (SSSR count). The molecule has 0 bridgehead atoms. The van der Waals surface area contributed by atoms with Crippen molar-refractivity contribution < 1.29 is 29.4 Å². The molecule has 154 valence electrons. The highest BCUT2D eigenvalue weighted by Crippen LogP contribution is 2.01. The zero-order valence-electron chi connectivity index (χ0n) is 14.9. The minimum Gasteiger partial charge on any atom is -0.480 e. The molecule has 13 nitrogen and oxygen atoms in total. The van der Waals surface area contributed by atoms with Gasteiger partial charge in [-0.25, -0.2) is 4.79 Å². The highest BCUT2D eigenvalue weighted by atomic mass is 16.4.